The number of anilines is 1. The summed E-state index contributed by atoms with van der Waals surface area (Å²) in [6, 6.07) is 5.83. The number of nitrogens with zero attached hydrogens (tertiary/aromatic N) is 2. The summed E-state index contributed by atoms with van der Waals surface area (Å²) in [5, 5.41) is 5.45. The zero-order chi connectivity index (χ0) is 19.2. The van der Waals surface area contributed by atoms with Gasteiger partial charge in [-0.25, -0.2) is 4.98 Å². The Hall–Kier alpha value is -2.05. The number of Topliss-reactive ketones (excluding diaryl/α,β-unsaturated/α-hetero) is 1. The van der Waals surface area contributed by atoms with Gasteiger partial charge in [0.25, 0.3) is 0 Å². The molecule has 1 aliphatic rings. The van der Waals surface area contributed by atoms with E-state index >= 15 is 0 Å². The Labute approximate surface area is 164 Å². The normalized spacial score (nSPS) is 14.9. The van der Waals surface area contributed by atoms with Crippen LogP contribution in [0.15, 0.2) is 23.6 Å². The van der Waals surface area contributed by atoms with Gasteiger partial charge in [-0.3, -0.25) is 14.5 Å². The molecule has 3 rings (SSSR count). The van der Waals surface area contributed by atoms with E-state index in [2.05, 4.69) is 15.2 Å². The molecule has 27 heavy (non-hydrogen) atoms. The monoisotopic (exact) mass is 385 g/mol. The first kappa shape index (κ1) is 19.7. The molecule has 0 aliphatic carbocycles. The number of aromatic nitrogens is 1. The van der Waals surface area contributed by atoms with Crippen molar-refractivity contribution in [3.63, 3.8) is 0 Å². The highest BCUT2D eigenvalue weighted by atomic mass is 32.1. The Morgan fingerprint density at radius 1 is 1.15 bits per heavy atom. The smallest absolute Gasteiger partial charge is 0.226 e. The average Bonchev–Trinajstić information content (AvgIpc) is 3.09. The number of thiazole rings is 1. The highest BCUT2D eigenvalue weighted by Crippen LogP contribution is 2.19. The first-order valence-corrected chi connectivity index (χ1v) is 10.5. The predicted octanol–water partition coefficient (Wildman–Crippen LogP) is 4.35. The van der Waals surface area contributed by atoms with Crippen molar-refractivity contribution in [2.24, 2.45) is 0 Å². The molecule has 0 spiro atoms. The van der Waals surface area contributed by atoms with Crippen LogP contribution in [0.3, 0.4) is 0 Å². The summed E-state index contributed by atoms with van der Waals surface area (Å²) in [5.74, 6) is -0.149. The molecule has 1 aliphatic heterocycles. The number of aryl methyl sites for hydroxylation is 2. The molecule has 5 nitrogen and oxygen atoms in total. The second-order valence-corrected chi connectivity index (χ2v) is 8.13. The van der Waals surface area contributed by atoms with Gasteiger partial charge in [-0.2, -0.15) is 0 Å². The first-order valence-electron chi connectivity index (χ1n) is 9.58. The Balaban J connectivity index is 1.48. The molecule has 2 heterocycles. The number of carbonyl (C=O) groups excluding carboxylic acids is 2. The Bertz CT molecular complexity index is 810. The van der Waals surface area contributed by atoms with E-state index in [0.717, 1.165) is 36.5 Å². The molecule has 2 aromatic rings. The highest BCUT2D eigenvalue weighted by molar-refractivity contribution is 7.13. The second kappa shape index (κ2) is 9.24. The summed E-state index contributed by atoms with van der Waals surface area (Å²) in [4.78, 5) is 31.5. The average molecular weight is 386 g/mol. The van der Waals surface area contributed by atoms with Crippen molar-refractivity contribution in [1.82, 2.24) is 9.88 Å². The maximum absolute atomic E-state index is 12.4. The van der Waals surface area contributed by atoms with Crippen molar-refractivity contribution < 1.29 is 9.59 Å². The molecule has 1 aromatic heterocycles. The minimum absolute atomic E-state index is 0.0104. The maximum Gasteiger partial charge on any atom is 0.226 e. The summed E-state index contributed by atoms with van der Waals surface area (Å²) in [5.41, 5.74) is 3.72. The Kier molecular flexibility index (Phi) is 6.74. The van der Waals surface area contributed by atoms with Crippen LogP contribution in [-0.4, -0.2) is 34.7 Å². The van der Waals surface area contributed by atoms with Crippen molar-refractivity contribution in [3.8, 4) is 0 Å². The lowest BCUT2D eigenvalue weighted by molar-refractivity contribution is -0.116. The molecule has 1 saturated heterocycles. The third-order valence-electron chi connectivity index (χ3n) is 4.90. The molecule has 144 valence electrons. The van der Waals surface area contributed by atoms with Crippen LogP contribution < -0.4 is 5.32 Å². The summed E-state index contributed by atoms with van der Waals surface area (Å²) in [6.45, 7) is 6.98. The van der Waals surface area contributed by atoms with Gasteiger partial charge >= 0.3 is 0 Å². The number of piperidine rings is 1. The van der Waals surface area contributed by atoms with E-state index in [1.807, 2.05) is 37.4 Å². The molecular formula is C21H27N3O2S. The number of carbonyl (C=O) groups is 2. The SMILES string of the molecule is Cc1ccc(C)c(C(=O)CCC(=O)Nc2nc(CN3CCCCC3)cs2)c1. The summed E-state index contributed by atoms with van der Waals surface area (Å²) in [6.07, 6.45) is 4.20. The molecule has 0 unspecified atom stereocenters. The second-order valence-electron chi connectivity index (χ2n) is 7.27. The number of hydrogen-bond donors (Lipinski definition) is 1. The van der Waals surface area contributed by atoms with Crippen LogP contribution in [0.2, 0.25) is 0 Å². The van der Waals surface area contributed by atoms with E-state index in [-0.39, 0.29) is 24.5 Å². The number of ketones is 1. The number of rotatable bonds is 7. The van der Waals surface area contributed by atoms with Gasteiger partial charge in [0.05, 0.1) is 5.69 Å². The van der Waals surface area contributed by atoms with Gasteiger partial charge in [0.2, 0.25) is 5.91 Å². The fourth-order valence-electron chi connectivity index (χ4n) is 3.36. The van der Waals surface area contributed by atoms with Gasteiger partial charge in [0, 0.05) is 30.3 Å². The van der Waals surface area contributed by atoms with Crippen molar-refractivity contribution in [3.05, 3.63) is 46.0 Å². The van der Waals surface area contributed by atoms with Crippen molar-refractivity contribution in [2.75, 3.05) is 18.4 Å². The third-order valence-corrected chi connectivity index (χ3v) is 5.71. The van der Waals surface area contributed by atoms with Crippen molar-refractivity contribution in [1.29, 1.82) is 0 Å². The van der Waals surface area contributed by atoms with Crippen LogP contribution >= 0.6 is 11.3 Å². The number of nitrogens with one attached hydrogen (secondary N) is 1. The molecule has 1 fully saturated rings. The fraction of sp³-hybridized carbons (Fsp3) is 0.476. The van der Waals surface area contributed by atoms with Crippen LogP contribution in [0.4, 0.5) is 5.13 Å². The van der Waals surface area contributed by atoms with Crippen LogP contribution in [0.25, 0.3) is 0 Å². The molecule has 6 heteroatoms. The van der Waals surface area contributed by atoms with Gasteiger partial charge in [-0.15, -0.1) is 11.3 Å². The van der Waals surface area contributed by atoms with Crippen molar-refractivity contribution >= 4 is 28.2 Å². The Morgan fingerprint density at radius 3 is 2.70 bits per heavy atom. The topological polar surface area (TPSA) is 62.3 Å². The van der Waals surface area contributed by atoms with Gasteiger partial charge in [0.1, 0.15) is 0 Å². The quantitative estimate of drug-likeness (QED) is 0.720. The van der Waals surface area contributed by atoms with E-state index in [4.69, 9.17) is 0 Å². The van der Waals surface area contributed by atoms with E-state index in [1.165, 1.54) is 30.6 Å². The molecule has 1 amide bonds. The Morgan fingerprint density at radius 2 is 1.93 bits per heavy atom. The zero-order valence-electron chi connectivity index (χ0n) is 16.1. The lowest BCUT2D eigenvalue weighted by atomic mass is 9.99. The minimum Gasteiger partial charge on any atom is -0.302 e. The fourth-order valence-corrected chi connectivity index (χ4v) is 4.08. The molecule has 1 aromatic carbocycles. The lowest BCUT2D eigenvalue weighted by Crippen LogP contribution is -2.29. The summed E-state index contributed by atoms with van der Waals surface area (Å²) < 4.78 is 0. The highest BCUT2D eigenvalue weighted by Gasteiger charge is 2.15. The largest absolute Gasteiger partial charge is 0.302 e. The van der Waals surface area contributed by atoms with E-state index in [1.54, 1.807) is 0 Å². The molecule has 0 saturated carbocycles. The van der Waals surface area contributed by atoms with Gasteiger partial charge in [-0.05, 0) is 51.4 Å². The number of amides is 1. The number of likely N-dealkylation sites (tertiary alicyclic amines) is 1. The maximum atomic E-state index is 12.4. The van der Waals surface area contributed by atoms with Gasteiger partial charge < -0.3 is 5.32 Å². The standard InChI is InChI=1S/C21H27N3O2S/c1-15-6-7-16(2)18(12-15)19(25)8-9-20(26)23-21-22-17(14-27-21)13-24-10-4-3-5-11-24/h6-7,12,14H,3-5,8-11,13H2,1-2H3,(H,22,23,26). The zero-order valence-corrected chi connectivity index (χ0v) is 16.9. The van der Waals surface area contributed by atoms with E-state index in [9.17, 15) is 9.59 Å². The lowest BCUT2D eigenvalue weighted by Gasteiger charge is -2.25. The van der Waals surface area contributed by atoms with Crippen molar-refractivity contribution in [2.45, 2.75) is 52.5 Å². The number of hydrogen-bond acceptors (Lipinski definition) is 5. The molecule has 0 bridgehead atoms. The molecule has 0 atom stereocenters. The third kappa shape index (κ3) is 5.71. The molecule has 0 radical (unpaired) electrons. The van der Waals surface area contributed by atoms with Crippen LogP contribution in [0.5, 0.6) is 0 Å². The summed E-state index contributed by atoms with van der Waals surface area (Å²) in [7, 11) is 0. The minimum atomic E-state index is -0.160. The molecular weight excluding hydrogens is 358 g/mol. The van der Waals surface area contributed by atoms with Crippen LogP contribution in [0, 0.1) is 13.8 Å². The van der Waals surface area contributed by atoms with Gasteiger partial charge in [-0.1, -0.05) is 24.1 Å². The summed E-state index contributed by atoms with van der Waals surface area (Å²) >= 11 is 1.45. The predicted molar refractivity (Wildman–Crippen MR) is 109 cm³/mol. The van der Waals surface area contributed by atoms with E-state index in [0.29, 0.717) is 10.7 Å². The molecule has 1 N–H and O–H groups in total. The first-order chi connectivity index (χ1) is 13.0. The van der Waals surface area contributed by atoms with Crippen LogP contribution in [0.1, 0.15) is 59.3 Å². The van der Waals surface area contributed by atoms with E-state index < -0.39 is 0 Å². The van der Waals surface area contributed by atoms with Crippen LogP contribution in [-0.2, 0) is 11.3 Å². The number of benzene rings is 1. The van der Waals surface area contributed by atoms with Gasteiger partial charge in [0.15, 0.2) is 10.9 Å².